The number of fused-ring (bicyclic) bond motifs is 1. The Balaban J connectivity index is 2.01. The van der Waals surface area contributed by atoms with E-state index in [1.165, 1.54) is 0 Å². The lowest BCUT2D eigenvalue weighted by Crippen LogP contribution is -2.15. The van der Waals surface area contributed by atoms with Crippen molar-refractivity contribution in [2.45, 2.75) is 25.7 Å². The zero-order chi connectivity index (χ0) is 13.9. The van der Waals surface area contributed by atoms with Crippen molar-refractivity contribution >= 4 is 11.3 Å². The number of pyridine rings is 1. The molecule has 0 radical (unpaired) electrons. The standard InChI is InChI=1S/C15H21N3O2/c1-3-20-14-7-12(16-2)8-18-9-13(17-15(14)18)11-5-4-6-19-10-11/h7-9,11,16H,3-6,10H2,1-2H3. The van der Waals surface area contributed by atoms with E-state index >= 15 is 0 Å². The fraction of sp³-hybridized carbons (Fsp3) is 0.533. The maximum atomic E-state index is 5.71. The Morgan fingerprint density at radius 1 is 1.50 bits per heavy atom. The number of aromatic nitrogens is 2. The molecule has 1 aliphatic heterocycles. The average molecular weight is 275 g/mol. The molecule has 1 unspecified atom stereocenters. The van der Waals surface area contributed by atoms with Crippen molar-refractivity contribution in [2.75, 3.05) is 32.2 Å². The van der Waals surface area contributed by atoms with Gasteiger partial charge < -0.3 is 19.2 Å². The molecule has 0 bridgehead atoms. The first-order valence-corrected chi connectivity index (χ1v) is 7.22. The lowest BCUT2D eigenvalue weighted by molar-refractivity contribution is 0.0794. The second-order valence-electron chi connectivity index (χ2n) is 5.09. The van der Waals surface area contributed by atoms with Crippen molar-refractivity contribution in [1.82, 2.24) is 9.38 Å². The van der Waals surface area contributed by atoms with Crippen molar-refractivity contribution < 1.29 is 9.47 Å². The van der Waals surface area contributed by atoms with Crippen molar-refractivity contribution in [1.29, 1.82) is 0 Å². The van der Waals surface area contributed by atoms with Crippen LogP contribution in [0.4, 0.5) is 5.69 Å². The Labute approximate surface area is 118 Å². The molecule has 1 N–H and O–H groups in total. The molecule has 3 rings (SSSR count). The van der Waals surface area contributed by atoms with Gasteiger partial charge in [0.15, 0.2) is 11.4 Å². The van der Waals surface area contributed by atoms with E-state index < -0.39 is 0 Å². The van der Waals surface area contributed by atoms with Crippen LogP contribution in [-0.4, -0.2) is 36.3 Å². The lowest BCUT2D eigenvalue weighted by Gasteiger charge is -2.19. The number of nitrogens with one attached hydrogen (secondary N) is 1. The van der Waals surface area contributed by atoms with Crippen LogP contribution < -0.4 is 10.1 Å². The van der Waals surface area contributed by atoms with Gasteiger partial charge in [-0.15, -0.1) is 0 Å². The molecule has 2 aromatic rings. The monoisotopic (exact) mass is 275 g/mol. The van der Waals surface area contributed by atoms with E-state index in [2.05, 4.69) is 11.5 Å². The van der Waals surface area contributed by atoms with Gasteiger partial charge in [0.1, 0.15) is 0 Å². The Morgan fingerprint density at radius 2 is 2.40 bits per heavy atom. The number of rotatable bonds is 4. The molecule has 0 aliphatic carbocycles. The smallest absolute Gasteiger partial charge is 0.180 e. The van der Waals surface area contributed by atoms with Gasteiger partial charge in [0.05, 0.1) is 24.6 Å². The summed E-state index contributed by atoms with van der Waals surface area (Å²) in [6, 6.07) is 1.99. The third-order valence-electron chi connectivity index (χ3n) is 3.70. The fourth-order valence-corrected chi connectivity index (χ4v) is 2.66. The van der Waals surface area contributed by atoms with Crippen molar-refractivity contribution in [3.8, 4) is 5.75 Å². The molecule has 3 heterocycles. The highest BCUT2D eigenvalue weighted by atomic mass is 16.5. The maximum absolute atomic E-state index is 5.71. The minimum atomic E-state index is 0.399. The molecule has 0 aromatic carbocycles. The summed E-state index contributed by atoms with van der Waals surface area (Å²) >= 11 is 0. The summed E-state index contributed by atoms with van der Waals surface area (Å²) in [5, 5.41) is 3.15. The normalized spacial score (nSPS) is 19.2. The van der Waals surface area contributed by atoms with Gasteiger partial charge in [0.25, 0.3) is 0 Å². The molecule has 1 atom stereocenters. The van der Waals surface area contributed by atoms with Crippen LogP contribution in [-0.2, 0) is 4.74 Å². The third-order valence-corrected chi connectivity index (χ3v) is 3.70. The van der Waals surface area contributed by atoms with Gasteiger partial charge in [-0.1, -0.05) is 0 Å². The summed E-state index contributed by atoms with van der Waals surface area (Å²) in [4.78, 5) is 4.76. The molecule has 0 spiro atoms. The highest BCUT2D eigenvalue weighted by Gasteiger charge is 2.20. The third kappa shape index (κ3) is 2.45. The first kappa shape index (κ1) is 13.2. The first-order valence-electron chi connectivity index (χ1n) is 7.22. The molecule has 1 saturated heterocycles. The van der Waals surface area contributed by atoms with Gasteiger partial charge >= 0.3 is 0 Å². The summed E-state index contributed by atoms with van der Waals surface area (Å²) in [5.74, 6) is 1.22. The van der Waals surface area contributed by atoms with Gasteiger partial charge in [0, 0.05) is 38.0 Å². The minimum absolute atomic E-state index is 0.399. The topological polar surface area (TPSA) is 47.8 Å². The molecular weight excluding hydrogens is 254 g/mol. The number of anilines is 1. The van der Waals surface area contributed by atoms with Gasteiger partial charge in [-0.05, 0) is 19.8 Å². The predicted octanol–water partition coefficient (Wildman–Crippen LogP) is 2.67. The zero-order valence-corrected chi connectivity index (χ0v) is 12.1. The molecule has 5 heteroatoms. The Bertz CT molecular complexity index is 588. The molecule has 2 aromatic heterocycles. The van der Waals surface area contributed by atoms with Crippen LogP contribution in [0.1, 0.15) is 31.4 Å². The highest BCUT2D eigenvalue weighted by Crippen LogP contribution is 2.29. The quantitative estimate of drug-likeness (QED) is 0.932. The summed E-state index contributed by atoms with van der Waals surface area (Å²) < 4.78 is 13.3. The van der Waals surface area contributed by atoms with E-state index in [9.17, 15) is 0 Å². The van der Waals surface area contributed by atoms with E-state index in [-0.39, 0.29) is 0 Å². The van der Waals surface area contributed by atoms with Crippen LogP contribution in [0.3, 0.4) is 0 Å². The first-order chi connectivity index (χ1) is 9.81. The van der Waals surface area contributed by atoms with Crippen LogP contribution in [0.15, 0.2) is 18.5 Å². The van der Waals surface area contributed by atoms with Gasteiger partial charge in [-0.3, -0.25) is 0 Å². The van der Waals surface area contributed by atoms with Gasteiger partial charge in [0.2, 0.25) is 0 Å². The van der Waals surface area contributed by atoms with E-state index in [1.54, 1.807) is 0 Å². The van der Waals surface area contributed by atoms with E-state index in [1.807, 2.05) is 30.6 Å². The fourth-order valence-electron chi connectivity index (χ4n) is 2.66. The second-order valence-corrected chi connectivity index (χ2v) is 5.09. The summed E-state index contributed by atoms with van der Waals surface area (Å²) in [7, 11) is 1.91. The average Bonchev–Trinajstić information content (AvgIpc) is 2.92. The summed E-state index contributed by atoms with van der Waals surface area (Å²) in [5.41, 5.74) is 3.00. The number of imidazole rings is 1. The highest BCUT2D eigenvalue weighted by molar-refractivity contribution is 5.62. The van der Waals surface area contributed by atoms with Crippen molar-refractivity contribution in [2.24, 2.45) is 0 Å². The predicted molar refractivity (Wildman–Crippen MR) is 78.7 cm³/mol. The second kappa shape index (κ2) is 5.71. The maximum Gasteiger partial charge on any atom is 0.180 e. The van der Waals surface area contributed by atoms with E-state index in [0.29, 0.717) is 12.5 Å². The zero-order valence-electron chi connectivity index (χ0n) is 12.1. The summed E-state index contributed by atoms with van der Waals surface area (Å²) in [6.45, 7) is 4.27. The van der Waals surface area contributed by atoms with Crippen molar-refractivity contribution in [3.05, 3.63) is 24.2 Å². The SMILES string of the molecule is CCOc1cc(NC)cn2cc(C3CCCOC3)nc12. The van der Waals surface area contributed by atoms with Gasteiger partial charge in [-0.25, -0.2) is 4.98 Å². The van der Waals surface area contributed by atoms with Gasteiger partial charge in [-0.2, -0.15) is 0 Å². The van der Waals surface area contributed by atoms with Crippen LogP contribution in [0.5, 0.6) is 5.75 Å². The van der Waals surface area contributed by atoms with Crippen LogP contribution in [0.2, 0.25) is 0 Å². The lowest BCUT2D eigenvalue weighted by atomic mass is 9.99. The van der Waals surface area contributed by atoms with Crippen LogP contribution >= 0.6 is 0 Å². The molecule has 5 nitrogen and oxygen atoms in total. The molecule has 0 amide bonds. The van der Waals surface area contributed by atoms with Crippen LogP contribution in [0.25, 0.3) is 5.65 Å². The van der Waals surface area contributed by atoms with E-state index in [4.69, 9.17) is 14.5 Å². The largest absolute Gasteiger partial charge is 0.490 e. The molecular formula is C15H21N3O2. The Hall–Kier alpha value is -1.75. The number of nitrogens with zero attached hydrogens (tertiary/aromatic N) is 2. The molecule has 108 valence electrons. The van der Waals surface area contributed by atoms with Crippen molar-refractivity contribution in [3.63, 3.8) is 0 Å². The Morgan fingerprint density at radius 3 is 3.10 bits per heavy atom. The van der Waals surface area contributed by atoms with E-state index in [0.717, 1.165) is 48.8 Å². The Kier molecular flexibility index (Phi) is 3.78. The molecule has 1 fully saturated rings. The number of ether oxygens (including phenoxy) is 2. The molecule has 1 aliphatic rings. The number of hydrogen-bond acceptors (Lipinski definition) is 4. The molecule has 0 saturated carbocycles. The molecule has 20 heavy (non-hydrogen) atoms. The minimum Gasteiger partial charge on any atom is -0.490 e. The van der Waals surface area contributed by atoms with Crippen LogP contribution in [0, 0.1) is 0 Å². The summed E-state index contributed by atoms with van der Waals surface area (Å²) in [6.07, 6.45) is 6.39. The number of hydrogen-bond donors (Lipinski definition) is 1.